The van der Waals surface area contributed by atoms with Gasteiger partial charge in [0.05, 0.1) is 6.61 Å². The van der Waals surface area contributed by atoms with Gasteiger partial charge in [-0.25, -0.2) is 4.79 Å². The third kappa shape index (κ3) is 8.70. The fourth-order valence-electron chi connectivity index (χ4n) is 0.417. The SMILES string of the molecule is N=C(N)NCCOCC(=O)O. The first kappa shape index (κ1) is 9.70. The maximum absolute atomic E-state index is 9.88. The van der Waals surface area contributed by atoms with Gasteiger partial charge in [0.25, 0.3) is 0 Å². The van der Waals surface area contributed by atoms with Gasteiger partial charge < -0.3 is 20.9 Å². The zero-order chi connectivity index (χ0) is 8.69. The maximum atomic E-state index is 9.88. The summed E-state index contributed by atoms with van der Waals surface area (Å²) in [5.41, 5.74) is 4.93. The van der Waals surface area contributed by atoms with Gasteiger partial charge in [0.15, 0.2) is 5.96 Å². The number of carboxylic acid groups (broad SMARTS) is 1. The lowest BCUT2D eigenvalue weighted by atomic mass is 10.6. The Bertz CT molecular complexity index is 132. The molecule has 0 fully saturated rings. The summed E-state index contributed by atoms with van der Waals surface area (Å²) in [5, 5.41) is 17.3. The smallest absolute Gasteiger partial charge is 0.329 e. The van der Waals surface area contributed by atoms with Crippen molar-refractivity contribution in [2.45, 2.75) is 0 Å². The molecule has 0 aromatic rings. The van der Waals surface area contributed by atoms with Crippen molar-refractivity contribution in [3.05, 3.63) is 0 Å². The predicted octanol–water partition coefficient (Wildman–Crippen LogP) is -1.43. The van der Waals surface area contributed by atoms with E-state index in [0.29, 0.717) is 6.54 Å². The average molecular weight is 161 g/mol. The normalized spacial score (nSPS) is 9.09. The number of guanidine groups is 1. The number of hydrogen-bond acceptors (Lipinski definition) is 3. The molecule has 0 saturated heterocycles. The Morgan fingerprint density at radius 1 is 1.73 bits per heavy atom. The van der Waals surface area contributed by atoms with E-state index in [-0.39, 0.29) is 19.2 Å². The van der Waals surface area contributed by atoms with Crippen molar-refractivity contribution in [3.63, 3.8) is 0 Å². The van der Waals surface area contributed by atoms with Crippen molar-refractivity contribution in [2.75, 3.05) is 19.8 Å². The quantitative estimate of drug-likeness (QED) is 0.224. The van der Waals surface area contributed by atoms with Crippen LogP contribution in [-0.4, -0.2) is 36.8 Å². The number of nitrogens with two attached hydrogens (primary N) is 1. The second-order valence-corrected chi connectivity index (χ2v) is 1.79. The molecule has 0 aliphatic heterocycles. The topological polar surface area (TPSA) is 108 Å². The van der Waals surface area contributed by atoms with Gasteiger partial charge in [-0.2, -0.15) is 0 Å². The molecule has 6 nitrogen and oxygen atoms in total. The van der Waals surface area contributed by atoms with E-state index in [9.17, 15) is 4.79 Å². The number of carboxylic acids is 1. The van der Waals surface area contributed by atoms with Crippen LogP contribution >= 0.6 is 0 Å². The lowest BCUT2D eigenvalue weighted by molar-refractivity contribution is -0.142. The molecule has 0 heterocycles. The second-order valence-electron chi connectivity index (χ2n) is 1.79. The summed E-state index contributed by atoms with van der Waals surface area (Å²) in [6.45, 7) is 0.258. The molecule has 0 aliphatic rings. The van der Waals surface area contributed by atoms with Crippen molar-refractivity contribution in [1.29, 1.82) is 5.41 Å². The summed E-state index contributed by atoms with van der Waals surface area (Å²) in [4.78, 5) is 9.88. The largest absolute Gasteiger partial charge is 0.480 e. The minimum atomic E-state index is -1.01. The van der Waals surface area contributed by atoms with Crippen molar-refractivity contribution in [1.82, 2.24) is 5.32 Å². The van der Waals surface area contributed by atoms with E-state index in [0.717, 1.165) is 0 Å². The Hall–Kier alpha value is -1.30. The lowest BCUT2D eigenvalue weighted by Gasteiger charge is -2.02. The molecule has 11 heavy (non-hydrogen) atoms. The fraction of sp³-hybridized carbons (Fsp3) is 0.600. The number of carbonyl (C=O) groups is 1. The van der Waals surface area contributed by atoms with Crippen LogP contribution in [0, 0.1) is 5.41 Å². The molecule has 0 radical (unpaired) electrons. The number of hydrogen-bond donors (Lipinski definition) is 4. The minimum Gasteiger partial charge on any atom is -0.480 e. The highest BCUT2D eigenvalue weighted by molar-refractivity contribution is 5.74. The summed E-state index contributed by atoms with van der Waals surface area (Å²) < 4.78 is 4.63. The van der Waals surface area contributed by atoms with E-state index >= 15 is 0 Å². The number of nitrogens with one attached hydrogen (secondary N) is 2. The van der Waals surface area contributed by atoms with E-state index < -0.39 is 5.97 Å². The molecule has 0 saturated carbocycles. The highest BCUT2D eigenvalue weighted by Gasteiger charge is 1.94. The van der Waals surface area contributed by atoms with Gasteiger partial charge in [0.1, 0.15) is 6.61 Å². The molecule has 0 aromatic carbocycles. The van der Waals surface area contributed by atoms with Crippen LogP contribution in [0.4, 0.5) is 0 Å². The van der Waals surface area contributed by atoms with Crippen LogP contribution in [0.1, 0.15) is 0 Å². The summed E-state index contributed by atoms with van der Waals surface area (Å²) in [7, 11) is 0. The Kier molecular flexibility index (Phi) is 4.83. The molecular formula is C5H11N3O3. The van der Waals surface area contributed by atoms with E-state index in [1.807, 2.05) is 0 Å². The summed E-state index contributed by atoms with van der Waals surface area (Å²) >= 11 is 0. The summed E-state index contributed by atoms with van der Waals surface area (Å²) in [5.74, 6) is -1.16. The summed E-state index contributed by atoms with van der Waals surface area (Å²) in [6.07, 6.45) is 0. The van der Waals surface area contributed by atoms with Crippen molar-refractivity contribution < 1.29 is 14.6 Å². The van der Waals surface area contributed by atoms with Gasteiger partial charge in [0.2, 0.25) is 0 Å². The van der Waals surface area contributed by atoms with Gasteiger partial charge in [-0.3, -0.25) is 5.41 Å². The van der Waals surface area contributed by atoms with Gasteiger partial charge >= 0.3 is 5.97 Å². The van der Waals surface area contributed by atoms with Crippen LogP contribution in [0.25, 0.3) is 0 Å². The maximum Gasteiger partial charge on any atom is 0.329 e. The first-order chi connectivity index (χ1) is 5.13. The number of rotatable bonds is 5. The Labute approximate surface area is 63.8 Å². The van der Waals surface area contributed by atoms with Crippen molar-refractivity contribution in [3.8, 4) is 0 Å². The van der Waals surface area contributed by atoms with Gasteiger partial charge in [-0.1, -0.05) is 0 Å². The third-order valence-electron chi connectivity index (χ3n) is 0.787. The standard InChI is InChI=1S/C5H11N3O3/c6-5(7)8-1-2-11-3-4(9)10/h1-3H2,(H,9,10)(H4,6,7,8). The second kappa shape index (κ2) is 5.48. The molecule has 0 bridgehead atoms. The van der Waals surface area contributed by atoms with E-state index in [1.165, 1.54) is 0 Å². The third-order valence-corrected chi connectivity index (χ3v) is 0.787. The monoisotopic (exact) mass is 161 g/mol. The van der Waals surface area contributed by atoms with Crippen LogP contribution in [0.3, 0.4) is 0 Å². The van der Waals surface area contributed by atoms with Crippen LogP contribution in [0.2, 0.25) is 0 Å². The Morgan fingerprint density at radius 2 is 2.36 bits per heavy atom. The molecule has 0 rings (SSSR count). The zero-order valence-electron chi connectivity index (χ0n) is 5.96. The molecule has 0 atom stereocenters. The van der Waals surface area contributed by atoms with E-state index in [1.54, 1.807) is 0 Å². The number of aliphatic carboxylic acids is 1. The van der Waals surface area contributed by atoms with Crippen LogP contribution in [0.5, 0.6) is 0 Å². The molecule has 0 aromatic heterocycles. The molecule has 5 N–H and O–H groups in total. The molecule has 0 unspecified atom stereocenters. The first-order valence-corrected chi connectivity index (χ1v) is 3.00. The van der Waals surface area contributed by atoms with Crippen molar-refractivity contribution >= 4 is 11.9 Å². The fourth-order valence-corrected chi connectivity index (χ4v) is 0.417. The van der Waals surface area contributed by atoms with Gasteiger partial charge in [-0.15, -0.1) is 0 Å². The average Bonchev–Trinajstić information content (AvgIpc) is 1.85. The Balaban J connectivity index is 3.03. The lowest BCUT2D eigenvalue weighted by Crippen LogP contribution is -2.33. The molecule has 64 valence electrons. The molecular weight excluding hydrogens is 150 g/mol. The minimum absolute atomic E-state index is 0.149. The molecule has 6 heteroatoms. The molecule has 0 aliphatic carbocycles. The zero-order valence-corrected chi connectivity index (χ0v) is 5.96. The predicted molar refractivity (Wildman–Crippen MR) is 38.4 cm³/mol. The molecule has 0 spiro atoms. The Morgan fingerprint density at radius 3 is 2.82 bits per heavy atom. The van der Waals surface area contributed by atoms with Gasteiger partial charge in [0, 0.05) is 6.54 Å². The molecule has 0 amide bonds. The number of ether oxygens (including phenoxy) is 1. The first-order valence-electron chi connectivity index (χ1n) is 3.00. The van der Waals surface area contributed by atoms with Gasteiger partial charge in [-0.05, 0) is 0 Å². The van der Waals surface area contributed by atoms with E-state index in [4.69, 9.17) is 16.2 Å². The van der Waals surface area contributed by atoms with Crippen LogP contribution in [0.15, 0.2) is 0 Å². The highest BCUT2D eigenvalue weighted by Crippen LogP contribution is 1.72. The van der Waals surface area contributed by atoms with Crippen molar-refractivity contribution in [2.24, 2.45) is 5.73 Å². The van der Waals surface area contributed by atoms with Crippen LogP contribution < -0.4 is 11.1 Å². The summed E-state index contributed by atoms with van der Waals surface area (Å²) in [6, 6.07) is 0. The van der Waals surface area contributed by atoms with Crippen LogP contribution in [-0.2, 0) is 9.53 Å². The highest BCUT2D eigenvalue weighted by atomic mass is 16.5. The van der Waals surface area contributed by atoms with E-state index in [2.05, 4.69) is 10.1 Å².